The van der Waals surface area contributed by atoms with E-state index in [9.17, 15) is 13.2 Å². The van der Waals surface area contributed by atoms with Crippen molar-refractivity contribution in [2.45, 2.75) is 70.0 Å². The molecule has 1 N–H and O–H groups in total. The highest BCUT2D eigenvalue weighted by molar-refractivity contribution is 7.79. The third-order valence-electron chi connectivity index (χ3n) is 6.19. The van der Waals surface area contributed by atoms with Crippen molar-refractivity contribution in [3.05, 3.63) is 84.2 Å². The predicted octanol–water partition coefficient (Wildman–Crippen LogP) is 5.77. The maximum Gasteiger partial charge on any atom is 0.217 e. The van der Waals surface area contributed by atoms with Crippen LogP contribution in [0, 0.1) is 5.95 Å². The largest absolute Gasteiger partial charge is 0.768 e. The Morgan fingerprint density at radius 2 is 1.81 bits per heavy atom. The quantitative estimate of drug-likeness (QED) is 0.168. The molecule has 0 aliphatic heterocycles. The second kappa shape index (κ2) is 17.1. The third-order valence-corrected chi connectivity index (χ3v) is 6.84. The van der Waals surface area contributed by atoms with Crippen molar-refractivity contribution in [3.8, 4) is 0 Å². The SMILES string of the molecule is CCCC(CC)N(C)CCCCN(Cc1cc[nH]c1)Cc1cccnc1F.O=S([O-])c1ccccc1. The molecule has 1 aromatic carbocycles. The van der Waals surface area contributed by atoms with Gasteiger partial charge in [-0.1, -0.05) is 44.5 Å². The van der Waals surface area contributed by atoms with Gasteiger partial charge in [0.1, 0.15) is 0 Å². The van der Waals surface area contributed by atoms with E-state index < -0.39 is 11.1 Å². The first-order valence-electron chi connectivity index (χ1n) is 12.7. The van der Waals surface area contributed by atoms with Gasteiger partial charge in [0, 0.05) is 48.2 Å². The normalized spacial score (nSPS) is 12.9. The molecule has 2 atom stereocenters. The highest BCUT2D eigenvalue weighted by Gasteiger charge is 2.13. The highest BCUT2D eigenvalue weighted by Crippen LogP contribution is 2.14. The van der Waals surface area contributed by atoms with E-state index >= 15 is 0 Å². The average molecular weight is 516 g/mol. The molecule has 8 heteroatoms. The summed E-state index contributed by atoms with van der Waals surface area (Å²) in [7, 11) is 2.24. The Kier molecular flexibility index (Phi) is 14.2. The van der Waals surface area contributed by atoms with Crippen molar-refractivity contribution in [1.29, 1.82) is 0 Å². The fraction of sp³-hybridized carbons (Fsp3) is 0.464. The van der Waals surface area contributed by atoms with Gasteiger partial charge in [0.2, 0.25) is 5.95 Å². The van der Waals surface area contributed by atoms with Gasteiger partial charge in [-0.05, 0) is 86.7 Å². The Morgan fingerprint density at radius 3 is 2.39 bits per heavy atom. The summed E-state index contributed by atoms with van der Waals surface area (Å²) in [5.41, 5.74) is 1.89. The molecule has 0 spiro atoms. The summed E-state index contributed by atoms with van der Waals surface area (Å²) in [5, 5.41) is 0. The lowest BCUT2D eigenvalue weighted by Gasteiger charge is -2.27. The number of aromatic nitrogens is 2. The third kappa shape index (κ3) is 11.1. The lowest BCUT2D eigenvalue weighted by Crippen LogP contribution is -2.32. The van der Waals surface area contributed by atoms with Crippen LogP contribution in [0.25, 0.3) is 0 Å². The highest BCUT2D eigenvalue weighted by atomic mass is 32.2. The zero-order valence-corrected chi connectivity index (χ0v) is 22.6. The van der Waals surface area contributed by atoms with Gasteiger partial charge in [-0.25, -0.2) is 4.98 Å². The molecule has 0 aliphatic carbocycles. The van der Waals surface area contributed by atoms with Crippen molar-refractivity contribution in [3.63, 3.8) is 0 Å². The Bertz CT molecular complexity index is 988. The van der Waals surface area contributed by atoms with Gasteiger partial charge < -0.3 is 14.4 Å². The predicted molar refractivity (Wildman–Crippen MR) is 144 cm³/mol. The molecule has 3 aromatic rings. The van der Waals surface area contributed by atoms with E-state index in [-0.39, 0.29) is 5.95 Å². The molecule has 0 fully saturated rings. The van der Waals surface area contributed by atoms with E-state index in [1.165, 1.54) is 31.0 Å². The number of rotatable bonds is 14. The van der Waals surface area contributed by atoms with E-state index in [1.54, 1.807) is 36.4 Å². The summed E-state index contributed by atoms with van der Waals surface area (Å²) in [6, 6.07) is 14.6. The smallest absolute Gasteiger partial charge is 0.217 e. The number of pyridine rings is 1. The molecule has 0 saturated heterocycles. The first kappa shape index (κ1) is 29.8. The van der Waals surface area contributed by atoms with Crippen LogP contribution in [0.5, 0.6) is 0 Å². The maximum atomic E-state index is 14.0. The molecule has 6 nitrogen and oxygen atoms in total. The molecular formula is C28H40FN4O2S-. The molecule has 0 bridgehead atoms. The van der Waals surface area contributed by atoms with Gasteiger partial charge in [0.15, 0.2) is 0 Å². The van der Waals surface area contributed by atoms with Crippen LogP contribution >= 0.6 is 0 Å². The lowest BCUT2D eigenvalue weighted by molar-refractivity contribution is 0.205. The number of halogens is 1. The van der Waals surface area contributed by atoms with Crippen LogP contribution in [0.4, 0.5) is 4.39 Å². The van der Waals surface area contributed by atoms with Gasteiger partial charge in [0.05, 0.1) is 0 Å². The van der Waals surface area contributed by atoms with E-state index in [1.807, 2.05) is 18.5 Å². The van der Waals surface area contributed by atoms with Gasteiger partial charge in [-0.15, -0.1) is 0 Å². The zero-order valence-electron chi connectivity index (χ0n) is 21.7. The van der Waals surface area contributed by atoms with E-state index in [2.05, 4.69) is 46.7 Å². The van der Waals surface area contributed by atoms with Gasteiger partial charge in [0.25, 0.3) is 0 Å². The molecule has 0 saturated carbocycles. The fourth-order valence-electron chi connectivity index (χ4n) is 4.19. The summed E-state index contributed by atoms with van der Waals surface area (Å²) in [6.45, 7) is 8.02. The zero-order chi connectivity index (χ0) is 26.2. The molecule has 2 unspecified atom stereocenters. The number of hydrogen-bond acceptors (Lipinski definition) is 5. The number of benzene rings is 1. The van der Waals surface area contributed by atoms with Crippen molar-refractivity contribution in [2.75, 3.05) is 20.1 Å². The molecule has 198 valence electrons. The van der Waals surface area contributed by atoms with E-state index in [0.717, 1.165) is 32.5 Å². The summed E-state index contributed by atoms with van der Waals surface area (Å²) < 4.78 is 34.4. The Hall–Kier alpha value is -2.39. The molecule has 3 rings (SSSR count). The summed E-state index contributed by atoms with van der Waals surface area (Å²) in [6.07, 6.45) is 11.4. The minimum atomic E-state index is -2.08. The molecule has 0 amide bonds. The second-order valence-electron chi connectivity index (χ2n) is 8.97. The molecule has 2 aromatic heterocycles. The van der Waals surface area contributed by atoms with Crippen LogP contribution in [0.15, 0.2) is 72.0 Å². The summed E-state index contributed by atoms with van der Waals surface area (Å²) >= 11 is -2.08. The second-order valence-corrected chi connectivity index (χ2v) is 9.91. The molecule has 0 aliphatic rings. The van der Waals surface area contributed by atoms with Crippen LogP contribution in [-0.2, 0) is 24.2 Å². The first-order valence-corrected chi connectivity index (χ1v) is 13.8. The van der Waals surface area contributed by atoms with Gasteiger partial charge in [-0.2, -0.15) is 4.39 Å². The summed E-state index contributed by atoms with van der Waals surface area (Å²) in [5.74, 6) is -0.360. The molecule has 36 heavy (non-hydrogen) atoms. The van der Waals surface area contributed by atoms with Crippen LogP contribution < -0.4 is 0 Å². The maximum absolute atomic E-state index is 14.0. The minimum Gasteiger partial charge on any atom is -0.768 e. The van der Waals surface area contributed by atoms with Crippen molar-refractivity contribution < 1.29 is 13.2 Å². The van der Waals surface area contributed by atoms with Gasteiger partial charge in [-0.3, -0.25) is 9.11 Å². The van der Waals surface area contributed by atoms with Gasteiger partial charge >= 0.3 is 0 Å². The van der Waals surface area contributed by atoms with Crippen LogP contribution in [0.1, 0.15) is 57.1 Å². The van der Waals surface area contributed by atoms with Crippen molar-refractivity contribution in [2.24, 2.45) is 0 Å². The standard InChI is InChI=1S/C22H35FN4.C6H6O2S/c1-4-9-21(5-2)26(3)14-6-7-15-27(17-19-11-13-24-16-19)18-20-10-8-12-25-22(20)23;7-9(8)6-4-2-1-3-5-6/h8,10-13,16,21,24H,4-7,9,14-15,17-18H2,1-3H3;1-5H,(H,7,8)/p-1. The number of nitrogens with zero attached hydrogens (tertiary/aromatic N) is 3. The Balaban J connectivity index is 0.000000425. The van der Waals surface area contributed by atoms with Crippen molar-refractivity contribution in [1.82, 2.24) is 19.8 Å². The number of H-pyrrole nitrogens is 1. The average Bonchev–Trinajstić information content (AvgIpc) is 3.40. The van der Waals surface area contributed by atoms with Crippen LogP contribution in [-0.4, -0.2) is 54.7 Å². The Morgan fingerprint density at radius 1 is 1.06 bits per heavy atom. The monoisotopic (exact) mass is 515 g/mol. The van der Waals surface area contributed by atoms with Crippen molar-refractivity contribution >= 4 is 11.1 Å². The van der Waals surface area contributed by atoms with E-state index in [0.29, 0.717) is 23.0 Å². The number of aromatic amines is 1. The van der Waals surface area contributed by atoms with Crippen LogP contribution in [0.3, 0.4) is 0 Å². The minimum absolute atomic E-state index is 0.331. The Labute approximate surface area is 218 Å². The molecule has 2 heterocycles. The van der Waals surface area contributed by atoms with Crippen LogP contribution in [0.2, 0.25) is 0 Å². The fourth-order valence-corrected chi connectivity index (χ4v) is 4.57. The molecule has 0 radical (unpaired) electrons. The lowest BCUT2D eigenvalue weighted by atomic mass is 10.1. The molecular weight excluding hydrogens is 475 g/mol. The van der Waals surface area contributed by atoms with E-state index in [4.69, 9.17) is 0 Å². The first-order chi connectivity index (χ1) is 17.4. The number of hydrogen-bond donors (Lipinski definition) is 1. The topological polar surface area (TPSA) is 75.3 Å². The summed E-state index contributed by atoms with van der Waals surface area (Å²) in [4.78, 5) is 12.0. The number of unbranched alkanes of at least 4 members (excludes halogenated alkanes) is 1. The number of nitrogens with one attached hydrogen (secondary N) is 1.